The average molecular weight is 644 g/mol. The van der Waals surface area contributed by atoms with E-state index in [4.69, 9.17) is 28.3 Å². The quantitative estimate of drug-likeness (QED) is 0.321. The van der Waals surface area contributed by atoms with E-state index in [0.717, 1.165) is 34.7 Å². The van der Waals surface area contributed by atoms with Gasteiger partial charge in [0.2, 0.25) is 10.0 Å². The molecule has 1 aliphatic rings. The van der Waals surface area contributed by atoms with E-state index < -0.39 is 51.3 Å². The van der Waals surface area contributed by atoms with Crippen LogP contribution < -0.4 is 9.62 Å². The van der Waals surface area contributed by atoms with Crippen LogP contribution in [0.15, 0.2) is 66.7 Å². The molecule has 4 rings (SSSR count). The maximum Gasteiger partial charge on any atom is 0.416 e. The van der Waals surface area contributed by atoms with Crippen molar-refractivity contribution < 1.29 is 36.3 Å². The summed E-state index contributed by atoms with van der Waals surface area (Å²) < 4.78 is 68.4. The predicted octanol–water partition coefficient (Wildman–Crippen LogP) is 5.45. The molecule has 1 amide bonds. The monoisotopic (exact) mass is 643 g/mol. The Bertz CT molecular complexity index is 1530. The van der Waals surface area contributed by atoms with Gasteiger partial charge in [-0.2, -0.15) is 13.2 Å². The minimum atomic E-state index is -4.91. The van der Waals surface area contributed by atoms with Gasteiger partial charge < -0.3 is 10.4 Å². The van der Waals surface area contributed by atoms with Crippen LogP contribution in [0.5, 0.6) is 0 Å². The third kappa shape index (κ3) is 7.17. The normalized spacial score (nSPS) is 15.2. The number of amides is 1. The Hall–Kier alpha value is -3.32. The number of hydrogen-bond acceptors (Lipinski definition) is 5. The summed E-state index contributed by atoms with van der Waals surface area (Å²) in [5, 5.41) is 12.2. The fraction of sp³-hybridized carbons (Fsp3) is 0.286. The Morgan fingerprint density at radius 1 is 0.976 bits per heavy atom. The molecule has 3 aromatic carbocycles. The minimum absolute atomic E-state index is 0.150. The number of carboxylic acids is 1. The van der Waals surface area contributed by atoms with E-state index in [-0.39, 0.29) is 24.8 Å². The van der Waals surface area contributed by atoms with Gasteiger partial charge in [-0.3, -0.25) is 18.8 Å². The van der Waals surface area contributed by atoms with Crippen molar-refractivity contribution in [1.82, 2.24) is 10.2 Å². The van der Waals surface area contributed by atoms with Crippen LogP contribution in [0, 0.1) is 0 Å². The summed E-state index contributed by atoms with van der Waals surface area (Å²) in [7, 11) is -4.13. The zero-order chi connectivity index (χ0) is 31.0. The number of carboxylic acid groups (broad SMARTS) is 1. The van der Waals surface area contributed by atoms with Gasteiger partial charge in [0.15, 0.2) is 0 Å². The molecule has 0 saturated carbocycles. The highest BCUT2D eigenvalue weighted by Crippen LogP contribution is 2.39. The number of alkyl halides is 3. The van der Waals surface area contributed by atoms with Crippen molar-refractivity contribution in [2.24, 2.45) is 0 Å². The van der Waals surface area contributed by atoms with E-state index in [2.05, 4.69) is 5.32 Å². The van der Waals surface area contributed by atoms with Crippen molar-refractivity contribution in [2.45, 2.75) is 31.2 Å². The Morgan fingerprint density at radius 3 is 1.90 bits per heavy atom. The Kier molecular flexibility index (Phi) is 9.12. The summed E-state index contributed by atoms with van der Waals surface area (Å²) in [6.45, 7) is 1.45. The molecule has 1 heterocycles. The van der Waals surface area contributed by atoms with E-state index in [1.165, 1.54) is 0 Å². The van der Waals surface area contributed by atoms with Gasteiger partial charge in [-0.15, -0.1) is 0 Å². The Labute approximate surface area is 250 Å². The first-order valence-corrected chi connectivity index (χ1v) is 15.2. The fourth-order valence-corrected chi connectivity index (χ4v) is 6.21. The molecule has 42 heavy (non-hydrogen) atoms. The fourth-order valence-electron chi connectivity index (χ4n) is 4.80. The third-order valence-corrected chi connectivity index (χ3v) is 8.52. The number of likely N-dealkylation sites (tertiary alicyclic amines) is 1. The topological polar surface area (TPSA) is 107 Å². The summed E-state index contributed by atoms with van der Waals surface area (Å²) in [5.74, 6) is -2.48. The van der Waals surface area contributed by atoms with E-state index >= 15 is 0 Å². The summed E-state index contributed by atoms with van der Waals surface area (Å²) in [4.78, 5) is 25.8. The maximum absolute atomic E-state index is 13.8. The Balaban J connectivity index is 1.70. The van der Waals surface area contributed by atoms with E-state index in [1.54, 1.807) is 24.3 Å². The number of aliphatic carboxylic acids is 1. The second-order valence-corrected chi connectivity index (χ2v) is 12.7. The van der Waals surface area contributed by atoms with Crippen LogP contribution in [0.3, 0.4) is 0 Å². The number of nitrogens with zero attached hydrogens (tertiary/aromatic N) is 2. The minimum Gasteiger partial charge on any atom is -0.480 e. The smallest absolute Gasteiger partial charge is 0.416 e. The van der Waals surface area contributed by atoms with Crippen LogP contribution in [-0.2, 0) is 21.0 Å². The van der Waals surface area contributed by atoms with E-state index in [1.807, 2.05) is 29.2 Å². The van der Waals surface area contributed by atoms with Crippen LogP contribution >= 0.6 is 23.2 Å². The molecule has 1 saturated heterocycles. The largest absolute Gasteiger partial charge is 0.480 e. The molecule has 2 N–H and O–H groups in total. The summed E-state index contributed by atoms with van der Waals surface area (Å²) in [6.07, 6.45) is -4.04. The molecule has 224 valence electrons. The van der Waals surface area contributed by atoms with Gasteiger partial charge in [0.1, 0.15) is 6.04 Å². The van der Waals surface area contributed by atoms with Gasteiger partial charge in [-0.25, -0.2) is 8.42 Å². The molecule has 1 atom stereocenters. The number of hydrogen-bond donors (Lipinski definition) is 2. The lowest BCUT2D eigenvalue weighted by atomic mass is 9.93. The average Bonchev–Trinajstić information content (AvgIpc) is 2.87. The summed E-state index contributed by atoms with van der Waals surface area (Å²) >= 11 is 12.1. The standard InChI is InChI=1S/C28H26Cl2F3N3O5S/c1-16(27(38)39)34-26(37)19-11-20(28(31,32)33)13-23(12-19)36(42(2,40)41)24-14-35(15-24)25(17-3-7-21(29)8-4-17)18-5-9-22(30)10-6-18/h3-13,16,24-25H,14-15H2,1-2H3,(H,34,37)(H,38,39)/t16-/m0/s1. The summed E-state index contributed by atoms with van der Waals surface area (Å²) in [6, 6.07) is 14.0. The molecule has 8 nitrogen and oxygen atoms in total. The molecule has 0 aromatic heterocycles. The number of sulfonamides is 1. The number of carbonyl (C=O) groups is 2. The molecule has 0 bridgehead atoms. The highest BCUT2D eigenvalue weighted by Gasteiger charge is 2.42. The van der Waals surface area contributed by atoms with Crippen LogP contribution in [0.4, 0.5) is 18.9 Å². The lowest BCUT2D eigenvalue weighted by Gasteiger charge is -2.49. The van der Waals surface area contributed by atoms with Crippen LogP contribution in [0.1, 0.15) is 40.0 Å². The molecule has 1 aliphatic heterocycles. The molecular weight excluding hydrogens is 618 g/mol. The van der Waals surface area contributed by atoms with Gasteiger partial charge >= 0.3 is 12.1 Å². The van der Waals surface area contributed by atoms with Crippen molar-refractivity contribution >= 4 is 50.8 Å². The zero-order valence-electron chi connectivity index (χ0n) is 22.3. The molecule has 0 radical (unpaired) electrons. The maximum atomic E-state index is 13.8. The lowest BCUT2D eigenvalue weighted by Crippen LogP contribution is -2.61. The molecular formula is C28H26Cl2F3N3O5S. The van der Waals surface area contributed by atoms with Crippen LogP contribution in [0.2, 0.25) is 10.0 Å². The first kappa shape index (κ1) is 31.6. The van der Waals surface area contributed by atoms with E-state index in [0.29, 0.717) is 22.2 Å². The molecule has 0 spiro atoms. The molecule has 0 unspecified atom stereocenters. The van der Waals surface area contributed by atoms with Gasteiger partial charge in [-0.05, 0) is 60.5 Å². The first-order chi connectivity index (χ1) is 19.5. The zero-order valence-corrected chi connectivity index (χ0v) is 24.6. The molecule has 0 aliphatic carbocycles. The van der Waals surface area contributed by atoms with Gasteiger partial charge in [-0.1, -0.05) is 47.5 Å². The highest BCUT2D eigenvalue weighted by molar-refractivity contribution is 7.92. The van der Waals surface area contributed by atoms with Crippen LogP contribution in [-0.4, -0.2) is 61.7 Å². The van der Waals surface area contributed by atoms with Crippen molar-refractivity contribution in [2.75, 3.05) is 23.7 Å². The predicted molar refractivity (Wildman–Crippen MR) is 153 cm³/mol. The van der Waals surface area contributed by atoms with Gasteiger partial charge in [0.05, 0.1) is 29.6 Å². The summed E-state index contributed by atoms with van der Waals surface area (Å²) in [5.41, 5.74) is -0.427. The van der Waals surface area contributed by atoms with Crippen molar-refractivity contribution in [3.63, 3.8) is 0 Å². The van der Waals surface area contributed by atoms with Gasteiger partial charge in [0.25, 0.3) is 5.91 Å². The SMILES string of the molecule is C[C@H](NC(=O)c1cc(N(C2CN(C(c3ccc(Cl)cc3)c3ccc(Cl)cc3)C2)S(C)(=O)=O)cc(C(F)(F)F)c1)C(=O)O. The number of anilines is 1. The second-order valence-electron chi connectivity index (χ2n) is 9.97. The molecule has 3 aromatic rings. The number of nitrogens with one attached hydrogen (secondary N) is 1. The van der Waals surface area contributed by atoms with Gasteiger partial charge in [0, 0.05) is 28.7 Å². The number of carbonyl (C=O) groups excluding carboxylic acids is 1. The van der Waals surface area contributed by atoms with E-state index in [9.17, 15) is 31.2 Å². The number of halogens is 5. The third-order valence-electron chi connectivity index (χ3n) is 6.80. The number of benzene rings is 3. The molecule has 1 fully saturated rings. The molecule has 14 heteroatoms. The highest BCUT2D eigenvalue weighted by atomic mass is 35.5. The lowest BCUT2D eigenvalue weighted by molar-refractivity contribution is -0.139. The van der Waals surface area contributed by atoms with Crippen molar-refractivity contribution in [1.29, 1.82) is 0 Å². The van der Waals surface area contributed by atoms with Crippen LogP contribution in [0.25, 0.3) is 0 Å². The van der Waals surface area contributed by atoms with Crippen molar-refractivity contribution in [3.05, 3.63) is 99.0 Å². The second kappa shape index (κ2) is 12.1. The Morgan fingerprint density at radius 2 is 1.48 bits per heavy atom. The van der Waals surface area contributed by atoms with Crippen molar-refractivity contribution in [3.8, 4) is 0 Å². The number of rotatable bonds is 9. The first-order valence-electron chi connectivity index (χ1n) is 12.5.